The Balaban J connectivity index is 2.26. The molecule has 1 saturated carbocycles. The maximum atomic E-state index is 9.52. The van der Waals surface area contributed by atoms with Crippen LogP contribution >= 0.6 is 0 Å². The van der Waals surface area contributed by atoms with Crippen LogP contribution in [0.5, 0.6) is 0 Å². The maximum Gasteiger partial charge on any atom is 0.246 e. The number of nitrogens with two attached hydrogens (primary N) is 1. The molecule has 1 aliphatic carbocycles. The van der Waals surface area contributed by atoms with Crippen LogP contribution in [-0.4, -0.2) is 28.0 Å². The Kier molecular flexibility index (Phi) is 4.78. The van der Waals surface area contributed by atoms with Gasteiger partial charge < -0.3 is 20.1 Å². The number of aromatic nitrogens is 2. The summed E-state index contributed by atoms with van der Waals surface area (Å²) in [4.78, 5) is 4.39. The van der Waals surface area contributed by atoms with Crippen molar-refractivity contribution in [3.05, 3.63) is 11.7 Å². The van der Waals surface area contributed by atoms with Gasteiger partial charge in [-0.3, -0.25) is 0 Å². The summed E-state index contributed by atoms with van der Waals surface area (Å²) in [6, 6.07) is -0.657. The Labute approximate surface area is 119 Å². The number of hydrogen-bond acceptors (Lipinski definition) is 6. The number of aliphatic hydroxyl groups excluding tert-OH is 1. The van der Waals surface area contributed by atoms with E-state index in [0.717, 1.165) is 19.3 Å². The molecule has 1 fully saturated rings. The molecular formula is C14H25N3O3. The van der Waals surface area contributed by atoms with Crippen LogP contribution in [0.2, 0.25) is 0 Å². The van der Waals surface area contributed by atoms with E-state index < -0.39 is 17.7 Å². The van der Waals surface area contributed by atoms with Crippen molar-refractivity contribution in [2.75, 3.05) is 6.61 Å². The minimum absolute atomic E-state index is 0.271. The highest BCUT2D eigenvalue weighted by Crippen LogP contribution is 2.41. The zero-order valence-electron chi connectivity index (χ0n) is 12.5. The molecule has 2 rings (SSSR count). The van der Waals surface area contributed by atoms with Crippen molar-refractivity contribution in [1.82, 2.24) is 10.1 Å². The van der Waals surface area contributed by atoms with Crippen LogP contribution in [0, 0.1) is 5.92 Å². The number of nitrogens with zero attached hydrogens (tertiary/aromatic N) is 2. The largest absolute Gasteiger partial charge is 0.391 e. The molecule has 0 saturated heterocycles. The average Bonchev–Trinajstić information content (AvgIpc) is 2.88. The first-order valence-electron chi connectivity index (χ1n) is 7.40. The van der Waals surface area contributed by atoms with E-state index in [2.05, 4.69) is 17.1 Å². The van der Waals surface area contributed by atoms with Gasteiger partial charge in [0.05, 0.1) is 6.10 Å². The van der Waals surface area contributed by atoms with E-state index >= 15 is 0 Å². The maximum absolute atomic E-state index is 9.52. The third-order valence-corrected chi connectivity index (χ3v) is 4.03. The lowest BCUT2D eigenvalue weighted by molar-refractivity contribution is -0.0891. The lowest BCUT2D eigenvalue weighted by Gasteiger charge is -2.37. The van der Waals surface area contributed by atoms with Gasteiger partial charge in [-0.2, -0.15) is 4.98 Å². The molecule has 1 aromatic heterocycles. The Morgan fingerprint density at radius 3 is 2.95 bits per heavy atom. The molecule has 1 aliphatic rings. The summed E-state index contributed by atoms with van der Waals surface area (Å²) in [5, 5.41) is 13.6. The molecule has 6 heteroatoms. The smallest absolute Gasteiger partial charge is 0.246 e. The molecule has 0 aliphatic heterocycles. The second-order valence-corrected chi connectivity index (χ2v) is 5.85. The Hall–Kier alpha value is -0.980. The predicted molar refractivity (Wildman–Crippen MR) is 73.8 cm³/mol. The van der Waals surface area contributed by atoms with E-state index in [9.17, 15) is 5.11 Å². The molecule has 6 nitrogen and oxygen atoms in total. The first-order valence-corrected chi connectivity index (χ1v) is 7.40. The van der Waals surface area contributed by atoms with Gasteiger partial charge in [-0.1, -0.05) is 18.5 Å². The standard InChI is InChI=1S/C14H25N3O3/c1-4-19-14(7-5-6-9(2)8-14)13-16-12(20-17-13)11(15)10(3)18/h9-11,18H,4-8,15H2,1-3H3/t9?,10-,11+,14?/m1/s1. The van der Waals surface area contributed by atoms with Gasteiger partial charge in [-0.25, -0.2) is 0 Å². The quantitative estimate of drug-likeness (QED) is 0.857. The summed E-state index contributed by atoms with van der Waals surface area (Å²) < 4.78 is 11.2. The van der Waals surface area contributed by atoms with Gasteiger partial charge in [-0.05, 0) is 39.0 Å². The molecule has 0 aromatic carbocycles. The average molecular weight is 283 g/mol. The van der Waals surface area contributed by atoms with Gasteiger partial charge in [0.1, 0.15) is 11.6 Å². The fourth-order valence-electron chi connectivity index (χ4n) is 2.94. The van der Waals surface area contributed by atoms with Crippen LogP contribution in [0.25, 0.3) is 0 Å². The lowest BCUT2D eigenvalue weighted by atomic mass is 9.78. The molecule has 1 heterocycles. The minimum atomic E-state index is -0.725. The van der Waals surface area contributed by atoms with Crippen molar-refractivity contribution in [2.45, 2.75) is 64.2 Å². The van der Waals surface area contributed by atoms with E-state index in [0.29, 0.717) is 18.3 Å². The summed E-state index contributed by atoms with van der Waals surface area (Å²) in [6.45, 7) is 6.41. The second-order valence-electron chi connectivity index (χ2n) is 5.85. The van der Waals surface area contributed by atoms with Crippen molar-refractivity contribution in [2.24, 2.45) is 11.7 Å². The molecule has 0 spiro atoms. The van der Waals surface area contributed by atoms with Crippen LogP contribution in [0.1, 0.15) is 64.2 Å². The normalized spacial score (nSPS) is 30.1. The second kappa shape index (κ2) is 6.20. The fraction of sp³-hybridized carbons (Fsp3) is 0.857. The molecule has 0 bridgehead atoms. The molecule has 0 amide bonds. The summed E-state index contributed by atoms with van der Waals surface area (Å²) in [6.07, 6.45) is 3.36. The van der Waals surface area contributed by atoms with Gasteiger partial charge >= 0.3 is 0 Å². The van der Waals surface area contributed by atoms with Crippen LogP contribution in [-0.2, 0) is 10.3 Å². The van der Waals surface area contributed by atoms with Crippen LogP contribution in [0.3, 0.4) is 0 Å². The highest BCUT2D eigenvalue weighted by molar-refractivity contribution is 5.06. The SMILES string of the molecule is CCOC1(c2noc([C@@H](N)[C@@H](C)O)n2)CCCC(C)C1. The molecular weight excluding hydrogens is 258 g/mol. The molecule has 1 aromatic rings. The van der Waals surface area contributed by atoms with Crippen LogP contribution in [0.4, 0.5) is 0 Å². The van der Waals surface area contributed by atoms with Crippen molar-refractivity contribution in [3.63, 3.8) is 0 Å². The predicted octanol–water partition coefficient (Wildman–Crippen LogP) is 1.89. The molecule has 20 heavy (non-hydrogen) atoms. The zero-order chi connectivity index (χ0) is 14.8. The van der Waals surface area contributed by atoms with E-state index in [1.165, 1.54) is 6.42 Å². The fourth-order valence-corrected chi connectivity index (χ4v) is 2.94. The topological polar surface area (TPSA) is 94.4 Å². The number of ether oxygens (including phenoxy) is 1. The zero-order valence-corrected chi connectivity index (χ0v) is 12.5. The first kappa shape index (κ1) is 15.4. The van der Waals surface area contributed by atoms with Gasteiger partial charge in [-0.15, -0.1) is 0 Å². The van der Waals surface area contributed by atoms with Gasteiger partial charge in [0.15, 0.2) is 0 Å². The number of hydrogen-bond donors (Lipinski definition) is 2. The third-order valence-electron chi connectivity index (χ3n) is 4.03. The molecule has 114 valence electrons. The molecule has 0 radical (unpaired) electrons. The van der Waals surface area contributed by atoms with E-state index in [4.69, 9.17) is 15.0 Å². The highest BCUT2D eigenvalue weighted by Gasteiger charge is 2.42. The van der Waals surface area contributed by atoms with Crippen LogP contribution in [0.15, 0.2) is 4.52 Å². The Morgan fingerprint density at radius 2 is 2.35 bits per heavy atom. The van der Waals surface area contributed by atoms with E-state index in [1.807, 2.05) is 6.92 Å². The highest BCUT2D eigenvalue weighted by atomic mass is 16.5. The summed E-state index contributed by atoms with van der Waals surface area (Å²) >= 11 is 0. The van der Waals surface area contributed by atoms with E-state index in [1.54, 1.807) is 6.92 Å². The number of rotatable bonds is 5. The van der Waals surface area contributed by atoms with Crippen LogP contribution < -0.4 is 5.73 Å². The Morgan fingerprint density at radius 1 is 1.60 bits per heavy atom. The number of aliphatic hydroxyl groups is 1. The lowest BCUT2D eigenvalue weighted by Crippen LogP contribution is -2.36. The monoisotopic (exact) mass is 283 g/mol. The van der Waals surface area contributed by atoms with E-state index in [-0.39, 0.29) is 5.89 Å². The third kappa shape index (κ3) is 3.02. The summed E-state index contributed by atoms with van der Waals surface area (Å²) in [5.41, 5.74) is 5.37. The Bertz CT molecular complexity index is 431. The van der Waals surface area contributed by atoms with Crippen molar-refractivity contribution >= 4 is 0 Å². The molecule has 4 atom stereocenters. The van der Waals surface area contributed by atoms with Gasteiger partial charge in [0, 0.05) is 6.61 Å². The van der Waals surface area contributed by atoms with Gasteiger partial charge in [0.2, 0.25) is 11.7 Å². The summed E-state index contributed by atoms with van der Waals surface area (Å²) in [5.74, 6) is 1.41. The molecule has 3 N–H and O–H groups in total. The minimum Gasteiger partial charge on any atom is -0.391 e. The van der Waals surface area contributed by atoms with Crippen molar-refractivity contribution in [1.29, 1.82) is 0 Å². The summed E-state index contributed by atoms with van der Waals surface area (Å²) in [7, 11) is 0. The first-order chi connectivity index (χ1) is 9.48. The van der Waals surface area contributed by atoms with Crippen molar-refractivity contribution < 1.29 is 14.4 Å². The molecule has 2 unspecified atom stereocenters. The van der Waals surface area contributed by atoms with Gasteiger partial charge in [0.25, 0.3) is 0 Å². The van der Waals surface area contributed by atoms with Crippen molar-refractivity contribution in [3.8, 4) is 0 Å².